The highest BCUT2D eigenvalue weighted by molar-refractivity contribution is 5.93. The van der Waals surface area contributed by atoms with Gasteiger partial charge < -0.3 is 15.5 Å². The molecule has 2 amide bonds. The second-order valence-electron chi connectivity index (χ2n) is 6.52. The van der Waals surface area contributed by atoms with Crippen molar-refractivity contribution in [3.8, 4) is 0 Å². The molecule has 26 heavy (non-hydrogen) atoms. The van der Waals surface area contributed by atoms with E-state index in [0.717, 1.165) is 22.9 Å². The molecule has 2 N–H and O–H groups in total. The molecule has 0 radical (unpaired) electrons. The van der Waals surface area contributed by atoms with E-state index in [2.05, 4.69) is 20.6 Å². The Balaban J connectivity index is 1.54. The highest BCUT2D eigenvalue weighted by atomic mass is 16.2. The summed E-state index contributed by atoms with van der Waals surface area (Å²) < 4.78 is 0. The van der Waals surface area contributed by atoms with Gasteiger partial charge in [0.25, 0.3) is 0 Å². The lowest BCUT2D eigenvalue weighted by molar-refractivity contribution is -0.132. The minimum atomic E-state index is -0.0487. The fraction of sp³-hybridized carbons (Fsp3) is 0.368. The average molecular weight is 353 g/mol. The van der Waals surface area contributed by atoms with Gasteiger partial charge in [0.05, 0.1) is 0 Å². The minimum Gasteiger partial charge on any atom is -0.343 e. The topological polar surface area (TPSA) is 87.2 Å². The van der Waals surface area contributed by atoms with Gasteiger partial charge in [-0.05, 0) is 44.0 Å². The standard InChI is InChI=1S/C19H23N5O2/c1-13-11-18(21-12-20-13)22-16-3-5-17(6-4-16)23-19(26)15-7-9-24(10-8-15)14(2)25/h3-6,11-12,15H,7-10H2,1-2H3,(H,23,26)(H,20,21,22). The van der Waals surface area contributed by atoms with Crippen LogP contribution in [0.4, 0.5) is 17.2 Å². The zero-order valence-electron chi connectivity index (χ0n) is 15.0. The van der Waals surface area contributed by atoms with E-state index in [4.69, 9.17) is 0 Å². The van der Waals surface area contributed by atoms with Crippen molar-refractivity contribution in [1.82, 2.24) is 14.9 Å². The summed E-state index contributed by atoms with van der Waals surface area (Å²) in [6.07, 6.45) is 2.93. The summed E-state index contributed by atoms with van der Waals surface area (Å²) >= 11 is 0. The highest BCUT2D eigenvalue weighted by Gasteiger charge is 2.25. The molecule has 1 aromatic heterocycles. The first-order chi connectivity index (χ1) is 12.5. The van der Waals surface area contributed by atoms with Crippen LogP contribution in [0.1, 0.15) is 25.5 Å². The van der Waals surface area contributed by atoms with E-state index in [0.29, 0.717) is 25.9 Å². The Labute approximate surface area is 152 Å². The van der Waals surface area contributed by atoms with Crippen molar-refractivity contribution in [3.05, 3.63) is 42.4 Å². The summed E-state index contributed by atoms with van der Waals surface area (Å²) in [4.78, 5) is 33.8. The van der Waals surface area contributed by atoms with Gasteiger partial charge in [0.15, 0.2) is 0 Å². The number of hydrogen-bond acceptors (Lipinski definition) is 5. The lowest BCUT2D eigenvalue weighted by Crippen LogP contribution is -2.40. The molecule has 1 aliphatic heterocycles. The Morgan fingerprint density at radius 1 is 1.08 bits per heavy atom. The number of hydrogen-bond donors (Lipinski definition) is 2. The zero-order chi connectivity index (χ0) is 18.5. The molecule has 0 unspecified atom stereocenters. The first-order valence-corrected chi connectivity index (χ1v) is 8.73. The molecule has 7 heteroatoms. The second-order valence-corrected chi connectivity index (χ2v) is 6.52. The van der Waals surface area contributed by atoms with Crippen LogP contribution in [-0.4, -0.2) is 39.8 Å². The van der Waals surface area contributed by atoms with Gasteiger partial charge in [-0.3, -0.25) is 9.59 Å². The summed E-state index contributed by atoms with van der Waals surface area (Å²) in [5, 5.41) is 6.16. The molecule has 0 aliphatic carbocycles. The summed E-state index contributed by atoms with van der Waals surface area (Å²) in [6, 6.07) is 9.37. The number of likely N-dealkylation sites (tertiary alicyclic amines) is 1. The molecule has 1 aliphatic rings. The fourth-order valence-electron chi connectivity index (χ4n) is 3.01. The maximum Gasteiger partial charge on any atom is 0.227 e. The van der Waals surface area contributed by atoms with Crippen LogP contribution in [0, 0.1) is 12.8 Å². The van der Waals surface area contributed by atoms with Crippen molar-refractivity contribution < 1.29 is 9.59 Å². The first kappa shape index (κ1) is 17.8. The van der Waals surface area contributed by atoms with Crippen molar-refractivity contribution in [2.24, 2.45) is 5.92 Å². The number of nitrogens with one attached hydrogen (secondary N) is 2. The monoisotopic (exact) mass is 353 g/mol. The van der Waals surface area contributed by atoms with Crippen molar-refractivity contribution >= 4 is 29.0 Å². The predicted molar refractivity (Wildman–Crippen MR) is 100 cm³/mol. The maximum absolute atomic E-state index is 12.4. The molecule has 2 aromatic rings. The minimum absolute atomic E-state index is 0.0142. The van der Waals surface area contributed by atoms with E-state index in [1.807, 2.05) is 37.3 Å². The number of nitrogens with zero attached hydrogens (tertiary/aromatic N) is 3. The van der Waals surface area contributed by atoms with E-state index in [-0.39, 0.29) is 17.7 Å². The third-order valence-corrected chi connectivity index (χ3v) is 4.54. The van der Waals surface area contributed by atoms with Gasteiger partial charge in [0, 0.05) is 49.1 Å². The average Bonchev–Trinajstić information content (AvgIpc) is 2.63. The van der Waals surface area contributed by atoms with Crippen LogP contribution in [-0.2, 0) is 9.59 Å². The van der Waals surface area contributed by atoms with Gasteiger partial charge in [0.2, 0.25) is 11.8 Å². The Morgan fingerprint density at radius 3 is 2.35 bits per heavy atom. The summed E-state index contributed by atoms with van der Waals surface area (Å²) in [7, 11) is 0. The smallest absolute Gasteiger partial charge is 0.227 e. The van der Waals surface area contributed by atoms with E-state index in [1.165, 1.54) is 6.33 Å². The van der Waals surface area contributed by atoms with E-state index >= 15 is 0 Å². The number of aromatic nitrogens is 2. The number of carbonyl (C=O) groups is 2. The molecule has 7 nitrogen and oxygen atoms in total. The largest absolute Gasteiger partial charge is 0.343 e. The number of aryl methyl sites for hydroxylation is 1. The van der Waals surface area contributed by atoms with Gasteiger partial charge >= 0.3 is 0 Å². The highest BCUT2D eigenvalue weighted by Crippen LogP contribution is 2.21. The quantitative estimate of drug-likeness (QED) is 0.882. The van der Waals surface area contributed by atoms with Crippen molar-refractivity contribution in [1.29, 1.82) is 0 Å². The van der Waals surface area contributed by atoms with E-state index < -0.39 is 0 Å². The SMILES string of the molecule is CC(=O)N1CCC(C(=O)Nc2ccc(Nc3cc(C)ncn3)cc2)CC1. The fourth-order valence-corrected chi connectivity index (χ4v) is 3.01. The predicted octanol–water partition coefficient (Wildman–Crippen LogP) is 2.73. The number of amides is 2. The van der Waals surface area contributed by atoms with Crippen molar-refractivity contribution in [2.75, 3.05) is 23.7 Å². The number of carbonyl (C=O) groups excluding carboxylic acids is 2. The third kappa shape index (κ3) is 4.56. The van der Waals surface area contributed by atoms with Crippen LogP contribution in [0.3, 0.4) is 0 Å². The number of rotatable bonds is 4. The van der Waals surface area contributed by atoms with Crippen molar-refractivity contribution in [3.63, 3.8) is 0 Å². The molecule has 136 valence electrons. The number of anilines is 3. The van der Waals surface area contributed by atoms with Crippen LogP contribution in [0.25, 0.3) is 0 Å². The zero-order valence-corrected chi connectivity index (χ0v) is 15.0. The van der Waals surface area contributed by atoms with Crippen LogP contribution in [0.2, 0.25) is 0 Å². The van der Waals surface area contributed by atoms with Crippen LogP contribution in [0.5, 0.6) is 0 Å². The van der Waals surface area contributed by atoms with Gasteiger partial charge in [-0.15, -0.1) is 0 Å². The Hall–Kier alpha value is -2.96. The lowest BCUT2D eigenvalue weighted by Gasteiger charge is -2.30. The maximum atomic E-state index is 12.4. The Kier molecular flexibility index (Phi) is 5.46. The summed E-state index contributed by atoms with van der Waals surface area (Å²) in [5.74, 6) is 0.769. The van der Waals surface area contributed by atoms with Gasteiger partial charge in [-0.1, -0.05) is 0 Å². The lowest BCUT2D eigenvalue weighted by atomic mass is 9.96. The molecule has 1 aromatic carbocycles. The van der Waals surface area contributed by atoms with Gasteiger partial charge in [-0.2, -0.15) is 0 Å². The molecule has 0 bridgehead atoms. The van der Waals surface area contributed by atoms with E-state index in [9.17, 15) is 9.59 Å². The number of piperidine rings is 1. The van der Waals surface area contributed by atoms with Gasteiger partial charge in [0.1, 0.15) is 12.1 Å². The summed E-state index contributed by atoms with van der Waals surface area (Å²) in [5.41, 5.74) is 2.53. The summed E-state index contributed by atoms with van der Waals surface area (Å²) in [6.45, 7) is 4.77. The molecule has 0 atom stereocenters. The molecule has 3 rings (SSSR count). The molecule has 2 heterocycles. The molecular formula is C19H23N5O2. The molecule has 0 saturated carbocycles. The van der Waals surface area contributed by atoms with Gasteiger partial charge in [-0.25, -0.2) is 9.97 Å². The van der Waals surface area contributed by atoms with Crippen LogP contribution < -0.4 is 10.6 Å². The van der Waals surface area contributed by atoms with E-state index in [1.54, 1.807) is 11.8 Å². The normalized spacial score (nSPS) is 14.8. The van der Waals surface area contributed by atoms with Crippen LogP contribution in [0.15, 0.2) is 36.7 Å². The Bertz CT molecular complexity index is 783. The van der Waals surface area contributed by atoms with Crippen LogP contribution >= 0.6 is 0 Å². The first-order valence-electron chi connectivity index (χ1n) is 8.73. The Morgan fingerprint density at radius 2 is 1.73 bits per heavy atom. The second kappa shape index (κ2) is 7.95. The van der Waals surface area contributed by atoms with Crippen molar-refractivity contribution in [2.45, 2.75) is 26.7 Å². The molecule has 1 fully saturated rings. The molecule has 1 saturated heterocycles. The number of benzene rings is 1. The molecule has 0 spiro atoms. The third-order valence-electron chi connectivity index (χ3n) is 4.54. The molecular weight excluding hydrogens is 330 g/mol.